The molecule has 6 nitrogen and oxygen atoms in total. The van der Waals surface area contributed by atoms with Gasteiger partial charge in [-0.25, -0.2) is 8.42 Å². The van der Waals surface area contributed by atoms with E-state index in [4.69, 9.17) is 16.9 Å². The molecule has 0 saturated heterocycles. The second-order valence-electron chi connectivity index (χ2n) is 5.01. The molecule has 1 N–H and O–H groups in total. The largest absolute Gasteiger partial charge is 0.322 e. The summed E-state index contributed by atoms with van der Waals surface area (Å²) in [5, 5.41) is 11.7. The standard InChI is InChI=1S/C16H14ClN3O3S/c1-20(24(2,22)23)15-6-4-3-5-13(15)16(21)19-12-8-7-11(10-18)14(17)9-12/h3-9H,1-2H3,(H,19,21). The summed E-state index contributed by atoms with van der Waals surface area (Å²) in [6.45, 7) is 0. The van der Waals surface area contributed by atoms with Crippen LogP contribution >= 0.6 is 11.6 Å². The Bertz CT molecular complexity index is 936. The van der Waals surface area contributed by atoms with E-state index in [0.29, 0.717) is 11.3 Å². The number of carbonyl (C=O) groups is 1. The lowest BCUT2D eigenvalue weighted by Crippen LogP contribution is -2.27. The molecule has 8 heteroatoms. The van der Waals surface area contributed by atoms with Crippen LogP contribution in [-0.4, -0.2) is 27.6 Å². The zero-order valence-corrected chi connectivity index (χ0v) is 14.5. The van der Waals surface area contributed by atoms with Crippen LogP contribution in [0.3, 0.4) is 0 Å². The first-order chi connectivity index (χ1) is 11.2. The zero-order valence-electron chi connectivity index (χ0n) is 12.9. The van der Waals surface area contributed by atoms with E-state index in [0.717, 1.165) is 10.6 Å². The fraction of sp³-hybridized carbons (Fsp3) is 0.125. The molecule has 0 fully saturated rings. The number of anilines is 2. The smallest absolute Gasteiger partial charge is 0.257 e. The van der Waals surface area contributed by atoms with Crippen molar-refractivity contribution >= 4 is 38.9 Å². The molecule has 0 saturated carbocycles. The van der Waals surface area contributed by atoms with Crippen molar-refractivity contribution in [2.75, 3.05) is 22.9 Å². The maximum atomic E-state index is 12.5. The van der Waals surface area contributed by atoms with Gasteiger partial charge in [0.2, 0.25) is 10.0 Å². The van der Waals surface area contributed by atoms with E-state index >= 15 is 0 Å². The summed E-state index contributed by atoms with van der Waals surface area (Å²) >= 11 is 5.94. The summed E-state index contributed by atoms with van der Waals surface area (Å²) in [4.78, 5) is 12.5. The first-order valence-corrected chi connectivity index (χ1v) is 9.00. The number of nitriles is 1. The molecule has 0 aliphatic carbocycles. The molecular weight excluding hydrogens is 350 g/mol. The molecule has 0 aliphatic heterocycles. The number of sulfonamides is 1. The Morgan fingerprint density at radius 2 is 1.92 bits per heavy atom. The quantitative estimate of drug-likeness (QED) is 0.904. The Morgan fingerprint density at radius 3 is 2.50 bits per heavy atom. The minimum absolute atomic E-state index is 0.200. The first kappa shape index (κ1) is 17.8. The minimum atomic E-state index is -3.50. The van der Waals surface area contributed by atoms with Crippen LogP contribution < -0.4 is 9.62 Å². The summed E-state index contributed by atoms with van der Waals surface area (Å²) in [7, 11) is -2.13. The van der Waals surface area contributed by atoms with Crippen LogP contribution in [0.25, 0.3) is 0 Å². The second kappa shape index (κ2) is 6.91. The Labute approximate surface area is 145 Å². The van der Waals surface area contributed by atoms with Gasteiger partial charge in [0.25, 0.3) is 5.91 Å². The highest BCUT2D eigenvalue weighted by Gasteiger charge is 2.19. The highest BCUT2D eigenvalue weighted by Crippen LogP contribution is 2.24. The fourth-order valence-electron chi connectivity index (χ4n) is 2.00. The average molecular weight is 364 g/mol. The van der Waals surface area contributed by atoms with Crippen LogP contribution in [0.1, 0.15) is 15.9 Å². The summed E-state index contributed by atoms with van der Waals surface area (Å²) in [6.07, 6.45) is 1.06. The van der Waals surface area contributed by atoms with Gasteiger partial charge in [-0.3, -0.25) is 9.10 Å². The Kier molecular flexibility index (Phi) is 5.12. The molecule has 0 aromatic heterocycles. The van der Waals surface area contributed by atoms with Crippen LogP contribution in [0.2, 0.25) is 5.02 Å². The van der Waals surface area contributed by atoms with E-state index in [-0.39, 0.29) is 16.3 Å². The third-order valence-electron chi connectivity index (χ3n) is 3.33. The Balaban J connectivity index is 2.35. The van der Waals surface area contributed by atoms with Crippen molar-refractivity contribution in [2.24, 2.45) is 0 Å². The highest BCUT2D eigenvalue weighted by molar-refractivity contribution is 7.92. The molecule has 2 rings (SSSR count). The van der Waals surface area contributed by atoms with E-state index in [2.05, 4.69) is 5.32 Å². The number of halogens is 1. The summed E-state index contributed by atoms with van der Waals surface area (Å²) in [6, 6.07) is 12.8. The number of nitrogens with zero attached hydrogens (tertiary/aromatic N) is 2. The van der Waals surface area contributed by atoms with Gasteiger partial charge in [-0.2, -0.15) is 5.26 Å². The first-order valence-electron chi connectivity index (χ1n) is 6.78. The lowest BCUT2D eigenvalue weighted by molar-refractivity contribution is 0.102. The maximum absolute atomic E-state index is 12.5. The fourth-order valence-corrected chi connectivity index (χ4v) is 2.74. The lowest BCUT2D eigenvalue weighted by atomic mass is 10.1. The van der Waals surface area contributed by atoms with Gasteiger partial charge in [0.05, 0.1) is 28.1 Å². The number of benzene rings is 2. The molecule has 0 bridgehead atoms. The van der Waals surface area contributed by atoms with Gasteiger partial charge in [-0.05, 0) is 30.3 Å². The van der Waals surface area contributed by atoms with Crippen LogP contribution in [-0.2, 0) is 10.0 Å². The zero-order chi connectivity index (χ0) is 17.9. The molecule has 0 aliphatic rings. The summed E-state index contributed by atoms with van der Waals surface area (Å²) < 4.78 is 24.5. The van der Waals surface area contributed by atoms with Crippen LogP contribution in [0, 0.1) is 11.3 Å². The van der Waals surface area contributed by atoms with Gasteiger partial charge in [0, 0.05) is 12.7 Å². The van der Waals surface area contributed by atoms with Crippen molar-refractivity contribution in [3.05, 3.63) is 58.6 Å². The number of rotatable bonds is 4. The van der Waals surface area contributed by atoms with Gasteiger partial charge in [0.15, 0.2) is 0 Å². The normalized spacial score (nSPS) is 10.8. The SMILES string of the molecule is CN(c1ccccc1C(=O)Nc1ccc(C#N)c(Cl)c1)S(C)(=O)=O. The Hall–Kier alpha value is -2.56. The molecule has 124 valence electrons. The molecular formula is C16H14ClN3O3S. The van der Waals surface area contributed by atoms with Crippen LogP contribution in [0.15, 0.2) is 42.5 Å². The van der Waals surface area contributed by atoms with E-state index in [1.54, 1.807) is 24.3 Å². The molecule has 0 unspecified atom stereocenters. The van der Waals surface area contributed by atoms with E-state index in [1.165, 1.54) is 25.2 Å². The summed E-state index contributed by atoms with van der Waals surface area (Å²) in [5.41, 5.74) is 1.16. The Morgan fingerprint density at radius 1 is 1.25 bits per heavy atom. The number of hydrogen-bond donors (Lipinski definition) is 1. The third-order valence-corrected chi connectivity index (χ3v) is 4.84. The van der Waals surface area contributed by atoms with E-state index in [1.807, 2.05) is 6.07 Å². The number of nitrogens with one attached hydrogen (secondary N) is 1. The second-order valence-corrected chi connectivity index (χ2v) is 7.43. The topological polar surface area (TPSA) is 90.3 Å². The third kappa shape index (κ3) is 3.85. The number of hydrogen-bond acceptors (Lipinski definition) is 4. The molecule has 0 radical (unpaired) electrons. The van der Waals surface area contributed by atoms with Crippen molar-refractivity contribution in [1.29, 1.82) is 5.26 Å². The van der Waals surface area contributed by atoms with Gasteiger partial charge in [-0.1, -0.05) is 23.7 Å². The predicted molar refractivity (Wildman–Crippen MR) is 93.8 cm³/mol. The number of carbonyl (C=O) groups excluding carboxylic acids is 1. The van der Waals surface area contributed by atoms with Gasteiger partial charge in [0.1, 0.15) is 6.07 Å². The lowest BCUT2D eigenvalue weighted by Gasteiger charge is -2.19. The molecule has 0 atom stereocenters. The van der Waals surface area contributed by atoms with Crippen molar-refractivity contribution < 1.29 is 13.2 Å². The predicted octanol–water partition coefficient (Wildman–Crippen LogP) is 2.86. The monoisotopic (exact) mass is 363 g/mol. The number of para-hydroxylation sites is 1. The van der Waals surface area contributed by atoms with E-state index < -0.39 is 15.9 Å². The molecule has 2 aromatic rings. The van der Waals surface area contributed by atoms with Crippen molar-refractivity contribution in [3.8, 4) is 6.07 Å². The molecule has 0 heterocycles. The van der Waals surface area contributed by atoms with Gasteiger partial charge in [-0.15, -0.1) is 0 Å². The molecule has 24 heavy (non-hydrogen) atoms. The minimum Gasteiger partial charge on any atom is -0.322 e. The molecule has 0 spiro atoms. The molecule has 2 aromatic carbocycles. The van der Waals surface area contributed by atoms with Crippen LogP contribution in [0.4, 0.5) is 11.4 Å². The van der Waals surface area contributed by atoms with Crippen LogP contribution in [0.5, 0.6) is 0 Å². The average Bonchev–Trinajstić information content (AvgIpc) is 2.53. The number of amides is 1. The summed E-state index contributed by atoms with van der Waals surface area (Å²) in [5.74, 6) is -0.484. The van der Waals surface area contributed by atoms with Gasteiger partial charge < -0.3 is 5.32 Å². The van der Waals surface area contributed by atoms with Crippen molar-refractivity contribution in [3.63, 3.8) is 0 Å². The van der Waals surface area contributed by atoms with Gasteiger partial charge >= 0.3 is 0 Å². The van der Waals surface area contributed by atoms with Crippen molar-refractivity contribution in [2.45, 2.75) is 0 Å². The van der Waals surface area contributed by atoms with E-state index in [9.17, 15) is 13.2 Å². The molecule has 1 amide bonds. The van der Waals surface area contributed by atoms with Crippen molar-refractivity contribution in [1.82, 2.24) is 0 Å². The maximum Gasteiger partial charge on any atom is 0.257 e. The highest BCUT2D eigenvalue weighted by atomic mass is 35.5.